The van der Waals surface area contributed by atoms with E-state index in [0.29, 0.717) is 19.8 Å². The van der Waals surface area contributed by atoms with Crippen LogP contribution in [0.2, 0.25) is 0 Å². The van der Waals surface area contributed by atoms with Crippen molar-refractivity contribution in [2.24, 2.45) is 0 Å². The first kappa shape index (κ1) is 19.0. The van der Waals surface area contributed by atoms with Crippen LogP contribution in [0.1, 0.15) is 6.92 Å². The molecule has 4 aromatic rings. The molecular formula is C23H24N4O2. The van der Waals surface area contributed by atoms with Gasteiger partial charge in [-0.2, -0.15) is 0 Å². The number of aromatic nitrogens is 3. The predicted octanol–water partition coefficient (Wildman–Crippen LogP) is 4.75. The van der Waals surface area contributed by atoms with E-state index in [1.54, 1.807) is 13.4 Å². The number of ether oxygens (including phenoxy) is 2. The highest BCUT2D eigenvalue weighted by Gasteiger charge is 2.12. The predicted molar refractivity (Wildman–Crippen MR) is 116 cm³/mol. The van der Waals surface area contributed by atoms with E-state index in [-0.39, 0.29) is 0 Å². The summed E-state index contributed by atoms with van der Waals surface area (Å²) in [6.07, 6.45) is 3.55. The van der Waals surface area contributed by atoms with Gasteiger partial charge in [0.25, 0.3) is 0 Å². The van der Waals surface area contributed by atoms with E-state index < -0.39 is 0 Å². The number of hydrogen-bond donors (Lipinski definition) is 2. The fraction of sp³-hybridized carbons (Fsp3) is 0.217. The van der Waals surface area contributed by atoms with Gasteiger partial charge in [-0.15, -0.1) is 0 Å². The maximum Gasteiger partial charge on any atom is 0.143 e. The Bertz CT molecular complexity index is 1070. The number of benzene rings is 2. The van der Waals surface area contributed by atoms with Crippen molar-refractivity contribution in [3.05, 3.63) is 61.1 Å². The lowest BCUT2D eigenvalue weighted by atomic mass is 10.0. The molecule has 2 aromatic carbocycles. The lowest BCUT2D eigenvalue weighted by molar-refractivity contribution is 0.158. The summed E-state index contributed by atoms with van der Waals surface area (Å²) < 4.78 is 10.6. The lowest BCUT2D eigenvalue weighted by Gasteiger charge is -2.09. The average Bonchev–Trinajstić information content (AvgIpc) is 3.22. The number of aromatic amines is 1. The molecule has 6 nitrogen and oxygen atoms in total. The summed E-state index contributed by atoms with van der Waals surface area (Å²) in [7, 11) is 1.68. The highest BCUT2D eigenvalue weighted by atomic mass is 16.5. The van der Waals surface area contributed by atoms with Gasteiger partial charge in [-0.25, -0.2) is 9.97 Å². The van der Waals surface area contributed by atoms with E-state index in [2.05, 4.69) is 56.7 Å². The molecule has 0 aliphatic heterocycles. The second-order valence-electron chi connectivity index (χ2n) is 6.58. The molecule has 0 fully saturated rings. The molecule has 0 amide bonds. The van der Waals surface area contributed by atoms with Gasteiger partial charge < -0.3 is 19.8 Å². The second kappa shape index (κ2) is 8.75. The highest BCUT2D eigenvalue weighted by Crippen LogP contribution is 2.33. The molecule has 2 heterocycles. The van der Waals surface area contributed by atoms with Crippen molar-refractivity contribution < 1.29 is 9.47 Å². The second-order valence-corrected chi connectivity index (χ2v) is 6.58. The van der Waals surface area contributed by atoms with E-state index in [0.717, 1.165) is 44.9 Å². The molecule has 148 valence electrons. The number of nitrogens with one attached hydrogen (secondary N) is 2. The summed E-state index contributed by atoms with van der Waals surface area (Å²) in [5.41, 5.74) is 5.30. The molecule has 4 rings (SSSR count). The molecule has 0 atom stereocenters. The maximum absolute atomic E-state index is 5.41. The Morgan fingerprint density at radius 1 is 0.931 bits per heavy atom. The first-order chi connectivity index (χ1) is 14.3. The molecule has 2 aromatic heterocycles. The van der Waals surface area contributed by atoms with Gasteiger partial charge >= 0.3 is 0 Å². The SMILES string of the molecule is CCOCCNc1ncnc2[nH]cc(-c3ccc(-c4ccc(OC)cc4)cc3)c12. The summed E-state index contributed by atoms with van der Waals surface area (Å²) in [5.74, 6) is 1.67. The first-order valence-electron chi connectivity index (χ1n) is 9.68. The minimum absolute atomic E-state index is 0.637. The third kappa shape index (κ3) is 4.07. The van der Waals surface area contributed by atoms with Crippen LogP contribution in [0.4, 0.5) is 5.82 Å². The van der Waals surface area contributed by atoms with E-state index >= 15 is 0 Å². The molecule has 0 aliphatic rings. The van der Waals surface area contributed by atoms with Crippen LogP contribution in [0.5, 0.6) is 5.75 Å². The third-order valence-electron chi connectivity index (χ3n) is 4.83. The summed E-state index contributed by atoms with van der Waals surface area (Å²) in [5, 5.41) is 4.35. The smallest absolute Gasteiger partial charge is 0.143 e. The van der Waals surface area contributed by atoms with Gasteiger partial charge in [-0.3, -0.25) is 0 Å². The van der Waals surface area contributed by atoms with Crippen LogP contribution >= 0.6 is 0 Å². The van der Waals surface area contributed by atoms with E-state index in [1.807, 2.05) is 25.3 Å². The lowest BCUT2D eigenvalue weighted by Crippen LogP contribution is -2.10. The van der Waals surface area contributed by atoms with Crippen molar-refractivity contribution in [3.63, 3.8) is 0 Å². The van der Waals surface area contributed by atoms with Crippen molar-refractivity contribution in [3.8, 4) is 28.0 Å². The van der Waals surface area contributed by atoms with Gasteiger partial charge in [0.1, 0.15) is 23.5 Å². The van der Waals surface area contributed by atoms with Crippen molar-refractivity contribution in [2.75, 3.05) is 32.2 Å². The first-order valence-corrected chi connectivity index (χ1v) is 9.68. The Hall–Kier alpha value is -3.38. The summed E-state index contributed by atoms with van der Waals surface area (Å²) >= 11 is 0. The molecule has 0 spiro atoms. The maximum atomic E-state index is 5.41. The normalized spacial score (nSPS) is 11.0. The minimum Gasteiger partial charge on any atom is -0.497 e. The topological polar surface area (TPSA) is 72.1 Å². The summed E-state index contributed by atoms with van der Waals surface area (Å²) in [6, 6.07) is 16.6. The Morgan fingerprint density at radius 2 is 1.62 bits per heavy atom. The van der Waals surface area contributed by atoms with Crippen LogP contribution in [-0.4, -0.2) is 41.8 Å². The zero-order valence-corrected chi connectivity index (χ0v) is 16.6. The van der Waals surface area contributed by atoms with E-state index in [9.17, 15) is 0 Å². The van der Waals surface area contributed by atoms with Crippen LogP contribution in [-0.2, 0) is 4.74 Å². The molecule has 6 heteroatoms. The van der Waals surface area contributed by atoms with Gasteiger partial charge in [-0.05, 0) is 35.7 Å². The number of H-pyrrole nitrogens is 1. The molecule has 0 unspecified atom stereocenters. The number of anilines is 1. The quantitative estimate of drug-likeness (QED) is 0.426. The van der Waals surface area contributed by atoms with Gasteiger partial charge in [-0.1, -0.05) is 36.4 Å². The third-order valence-corrected chi connectivity index (χ3v) is 4.83. The van der Waals surface area contributed by atoms with Crippen molar-refractivity contribution in [1.82, 2.24) is 15.0 Å². The van der Waals surface area contributed by atoms with Crippen LogP contribution in [0.15, 0.2) is 61.1 Å². The Balaban J connectivity index is 1.62. The molecule has 0 aliphatic carbocycles. The zero-order chi connectivity index (χ0) is 20.1. The van der Waals surface area contributed by atoms with Gasteiger partial charge in [0.05, 0.1) is 19.1 Å². The number of hydrogen-bond acceptors (Lipinski definition) is 5. The molecular weight excluding hydrogens is 364 g/mol. The van der Waals surface area contributed by atoms with Crippen LogP contribution in [0.25, 0.3) is 33.3 Å². The molecule has 0 bridgehead atoms. The molecule has 29 heavy (non-hydrogen) atoms. The minimum atomic E-state index is 0.637. The average molecular weight is 388 g/mol. The fourth-order valence-corrected chi connectivity index (χ4v) is 3.34. The molecule has 0 radical (unpaired) electrons. The number of nitrogens with zero attached hydrogens (tertiary/aromatic N) is 2. The fourth-order valence-electron chi connectivity index (χ4n) is 3.34. The standard InChI is InChI=1S/C23H24N4O2/c1-3-29-13-12-24-22-21-20(14-25-23(21)27-15-26-22)18-6-4-16(5-7-18)17-8-10-19(28-2)11-9-17/h4-11,14-15H,3,12-13H2,1-2H3,(H2,24,25,26,27). The molecule has 0 saturated heterocycles. The number of fused-ring (bicyclic) bond motifs is 1. The molecule has 0 saturated carbocycles. The van der Waals surface area contributed by atoms with Crippen LogP contribution in [0, 0.1) is 0 Å². The number of methoxy groups -OCH3 is 1. The van der Waals surface area contributed by atoms with E-state index in [4.69, 9.17) is 9.47 Å². The van der Waals surface area contributed by atoms with E-state index in [1.165, 1.54) is 0 Å². The Kier molecular flexibility index (Phi) is 5.72. The highest BCUT2D eigenvalue weighted by molar-refractivity contribution is 6.01. The summed E-state index contributed by atoms with van der Waals surface area (Å²) in [6.45, 7) is 4.03. The Morgan fingerprint density at radius 3 is 2.31 bits per heavy atom. The van der Waals surface area contributed by atoms with Gasteiger partial charge in [0, 0.05) is 24.9 Å². The summed E-state index contributed by atoms with van der Waals surface area (Å²) in [4.78, 5) is 12.1. The molecule has 2 N–H and O–H groups in total. The van der Waals surface area contributed by atoms with Gasteiger partial charge in [0.2, 0.25) is 0 Å². The van der Waals surface area contributed by atoms with Crippen LogP contribution < -0.4 is 10.1 Å². The van der Waals surface area contributed by atoms with Crippen molar-refractivity contribution in [2.45, 2.75) is 6.92 Å². The monoisotopic (exact) mass is 388 g/mol. The zero-order valence-electron chi connectivity index (χ0n) is 16.6. The number of rotatable bonds is 8. The van der Waals surface area contributed by atoms with Gasteiger partial charge in [0.15, 0.2) is 0 Å². The largest absolute Gasteiger partial charge is 0.497 e. The Labute approximate surface area is 169 Å². The van der Waals surface area contributed by atoms with Crippen molar-refractivity contribution in [1.29, 1.82) is 0 Å². The van der Waals surface area contributed by atoms with Crippen LogP contribution in [0.3, 0.4) is 0 Å². The van der Waals surface area contributed by atoms with Crippen molar-refractivity contribution >= 4 is 16.9 Å².